The lowest BCUT2D eigenvalue weighted by Crippen LogP contribution is -2.57. The van der Waals surface area contributed by atoms with Gasteiger partial charge in [0.05, 0.1) is 5.41 Å². The molecule has 160 valence electrons. The Balaban J connectivity index is 1.51. The molecule has 1 saturated heterocycles. The second-order valence-electron chi connectivity index (χ2n) is 7.69. The quantitative estimate of drug-likeness (QED) is 0.709. The molecule has 0 N–H and O–H groups in total. The van der Waals surface area contributed by atoms with E-state index in [1.165, 1.54) is 0 Å². The fraction of sp³-hybridized carbons (Fsp3) is 0.381. The van der Waals surface area contributed by atoms with E-state index in [0.29, 0.717) is 17.9 Å². The summed E-state index contributed by atoms with van der Waals surface area (Å²) in [6, 6.07) is 10.2. The summed E-state index contributed by atoms with van der Waals surface area (Å²) in [7, 11) is -4.33. The second kappa shape index (κ2) is 7.90. The fourth-order valence-electron chi connectivity index (χ4n) is 4.23. The first-order valence-electron chi connectivity index (χ1n) is 9.75. The number of halogens is 3. The van der Waals surface area contributed by atoms with Crippen LogP contribution in [0.25, 0.3) is 0 Å². The van der Waals surface area contributed by atoms with Crippen LogP contribution in [0.2, 0.25) is 5.02 Å². The predicted molar refractivity (Wildman–Crippen MR) is 109 cm³/mol. The van der Waals surface area contributed by atoms with Crippen molar-refractivity contribution >= 4 is 27.5 Å². The summed E-state index contributed by atoms with van der Waals surface area (Å²) in [6.07, 6.45) is 2.36. The maximum absolute atomic E-state index is 14.0. The molecule has 1 amide bonds. The molecule has 4 rings (SSSR count). The summed E-state index contributed by atoms with van der Waals surface area (Å²) < 4.78 is 54.6. The smallest absolute Gasteiger partial charge is 0.249 e. The molecule has 30 heavy (non-hydrogen) atoms. The van der Waals surface area contributed by atoms with E-state index in [1.807, 2.05) is 12.1 Å². The van der Waals surface area contributed by atoms with Crippen LogP contribution < -0.4 is 0 Å². The van der Waals surface area contributed by atoms with Gasteiger partial charge in [0.2, 0.25) is 15.9 Å². The molecule has 0 atom stereocenters. The van der Waals surface area contributed by atoms with Gasteiger partial charge < -0.3 is 4.90 Å². The average Bonchev–Trinajstić information content (AvgIpc) is 2.67. The van der Waals surface area contributed by atoms with Gasteiger partial charge in [-0.2, -0.15) is 4.31 Å². The number of benzene rings is 2. The molecular formula is C21H21ClF2N2O3S. The number of hydrogen-bond acceptors (Lipinski definition) is 3. The van der Waals surface area contributed by atoms with Gasteiger partial charge in [0, 0.05) is 31.2 Å². The van der Waals surface area contributed by atoms with Crippen molar-refractivity contribution in [1.29, 1.82) is 0 Å². The first kappa shape index (κ1) is 21.2. The van der Waals surface area contributed by atoms with Gasteiger partial charge >= 0.3 is 0 Å². The molecule has 1 aliphatic heterocycles. The number of carbonyl (C=O) groups excluding carboxylic acids is 1. The monoisotopic (exact) mass is 454 g/mol. The largest absolute Gasteiger partial charge is 0.339 e. The van der Waals surface area contributed by atoms with Crippen LogP contribution >= 0.6 is 11.6 Å². The number of rotatable bonds is 4. The van der Waals surface area contributed by atoms with Crippen molar-refractivity contribution in [3.63, 3.8) is 0 Å². The average molecular weight is 455 g/mol. The van der Waals surface area contributed by atoms with Gasteiger partial charge in [0.1, 0.15) is 11.6 Å². The summed E-state index contributed by atoms with van der Waals surface area (Å²) in [5.41, 5.74) is 0.235. The number of carbonyl (C=O) groups is 1. The van der Waals surface area contributed by atoms with Crippen molar-refractivity contribution < 1.29 is 22.0 Å². The Labute approximate surface area is 179 Å². The maximum atomic E-state index is 14.0. The van der Waals surface area contributed by atoms with Gasteiger partial charge in [-0.25, -0.2) is 17.2 Å². The number of amides is 1. The molecule has 9 heteroatoms. The molecule has 1 saturated carbocycles. The lowest BCUT2D eigenvalue weighted by molar-refractivity contribution is -0.142. The van der Waals surface area contributed by atoms with E-state index in [1.54, 1.807) is 17.0 Å². The first-order valence-corrected chi connectivity index (χ1v) is 11.6. The van der Waals surface area contributed by atoms with Crippen LogP contribution in [0.1, 0.15) is 24.8 Å². The minimum Gasteiger partial charge on any atom is -0.339 e. The van der Waals surface area contributed by atoms with Crippen molar-refractivity contribution in [2.24, 2.45) is 0 Å². The molecule has 2 aromatic carbocycles. The van der Waals surface area contributed by atoms with Gasteiger partial charge in [-0.15, -0.1) is 0 Å². The van der Waals surface area contributed by atoms with Crippen LogP contribution in [0.5, 0.6) is 0 Å². The normalized spacial score (nSPS) is 19.4. The van der Waals surface area contributed by atoms with Crippen LogP contribution in [-0.4, -0.2) is 49.7 Å². The Morgan fingerprint density at radius 1 is 0.967 bits per heavy atom. The standard InChI is InChI=1S/C21H21ClF2N2O3S/c22-16-5-1-4-15(14-16)21(8-3-9-21)20(27)25-10-12-26(13-11-25)30(28,29)19-17(23)6-2-7-18(19)24/h1-2,4-7,14H,3,8-13H2. The number of nitrogens with zero attached hydrogens (tertiary/aromatic N) is 2. The topological polar surface area (TPSA) is 57.7 Å². The minimum absolute atomic E-state index is 0.0204. The van der Waals surface area contributed by atoms with Gasteiger partial charge in [-0.1, -0.05) is 36.2 Å². The molecule has 2 aliphatic rings. The van der Waals surface area contributed by atoms with Crippen molar-refractivity contribution in [3.8, 4) is 0 Å². The van der Waals surface area contributed by atoms with Crippen molar-refractivity contribution in [1.82, 2.24) is 9.21 Å². The van der Waals surface area contributed by atoms with Crippen LogP contribution in [0.3, 0.4) is 0 Å². The van der Waals surface area contributed by atoms with Crippen molar-refractivity contribution in [2.45, 2.75) is 29.6 Å². The number of piperazine rings is 1. The highest BCUT2D eigenvalue weighted by molar-refractivity contribution is 7.89. The summed E-state index contributed by atoms with van der Waals surface area (Å²) in [5.74, 6) is -2.30. The molecule has 0 spiro atoms. The van der Waals surface area contributed by atoms with E-state index in [4.69, 9.17) is 11.6 Å². The van der Waals surface area contributed by atoms with Crippen molar-refractivity contribution in [2.75, 3.05) is 26.2 Å². The number of sulfonamides is 1. The van der Waals surface area contributed by atoms with Crippen LogP contribution in [0.15, 0.2) is 47.4 Å². The molecule has 5 nitrogen and oxygen atoms in total. The third-order valence-electron chi connectivity index (χ3n) is 6.04. The predicted octanol–water partition coefficient (Wildman–Crippen LogP) is 3.57. The van der Waals surface area contributed by atoms with Gasteiger partial charge in [0.25, 0.3) is 0 Å². The zero-order chi connectivity index (χ0) is 21.5. The Bertz CT molecular complexity index is 1060. The zero-order valence-corrected chi connectivity index (χ0v) is 17.7. The van der Waals surface area contributed by atoms with Crippen LogP contribution in [0, 0.1) is 11.6 Å². The summed E-state index contributed by atoms with van der Waals surface area (Å²) in [6.45, 7) is 0.286. The molecule has 1 aliphatic carbocycles. The van der Waals surface area contributed by atoms with Gasteiger partial charge in [-0.05, 0) is 42.7 Å². The zero-order valence-electron chi connectivity index (χ0n) is 16.2. The van der Waals surface area contributed by atoms with E-state index in [2.05, 4.69) is 0 Å². The third-order valence-corrected chi connectivity index (χ3v) is 8.22. The van der Waals surface area contributed by atoms with E-state index in [0.717, 1.165) is 34.5 Å². The highest BCUT2D eigenvalue weighted by Crippen LogP contribution is 2.46. The molecule has 0 radical (unpaired) electrons. The minimum atomic E-state index is -4.33. The molecule has 2 fully saturated rings. The highest BCUT2D eigenvalue weighted by Gasteiger charge is 2.48. The van der Waals surface area contributed by atoms with Gasteiger partial charge in [-0.3, -0.25) is 4.79 Å². The van der Waals surface area contributed by atoms with Gasteiger partial charge in [0.15, 0.2) is 4.90 Å². The van der Waals surface area contributed by atoms with Crippen LogP contribution in [0.4, 0.5) is 8.78 Å². The summed E-state index contributed by atoms with van der Waals surface area (Å²) in [4.78, 5) is 14.0. The molecule has 0 aromatic heterocycles. The Kier molecular flexibility index (Phi) is 5.59. The Morgan fingerprint density at radius 3 is 2.10 bits per heavy atom. The lowest BCUT2D eigenvalue weighted by Gasteiger charge is -2.46. The Morgan fingerprint density at radius 2 is 1.57 bits per heavy atom. The SMILES string of the molecule is O=C(N1CCN(S(=O)(=O)c2c(F)cccc2F)CC1)C1(c2cccc(Cl)c2)CCC1. The van der Waals surface area contributed by atoms with E-state index in [-0.39, 0.29) is 32.1 Å². The van der Waals surface area contributed by atoms with E-state index < -0.39 is 32.0 Å². The number of hydrogen-bond donors (Lipinski definition) is 0. The molecule has 1 heterocycles. The second-order valence-corrected chi connectivity index (χ2v) is 10.0. The summed E-state index contributed by atoms with van der Waals surface area (Å²) in [5, 5.41) is 0.564. The van der Waals surface area contributed by atoms with Crippen LogP contribution in [-0.2, 0) is 20.2 Å². The van der Waals surface area contributed by atoms with E-state index in [9.17, 15) is 22.0 Å². The summed E-state index contributed by atoms with van der Waals surface area (Å²) >= 11 is 6.12. The lowest BCUT2D eigenvalue weighted by atomic mass is 9.63. The highest BCUT2D eigenvalue weighted by atomic mass is 35.5. The maximum Gasteiger partial charge on any atom is 0.249 e. The third kappa shape index (κ3) is 3.50. The first-order chi connectivity index (χ1) is 14.3. The Hall–Kier alpha value is -2.03. The molecule has 2 aromatic rings. The molecule has 0 unspecified atom stereocenters. The molecule has 0 bridgehead atoms. The van der Waals surface area contributed by atoms with Crippen molar-refractivity contribution in [3.05, 3.63) is 64.7 Å². The van der Waals surface area contributed by atoms with E-state index >= 15 is 0 Å². The molecular weight excluding hydrogens is 434 g/mol. The fourth-order valence-corrected chi connectivity index (χ4v) is 5.96.